The third-order valence-corrected chi connectivity index (χ3v) is 6.37. The molecule has 35 heavy (non-hydrogen) atoms. The minimum Gasteiger partial charge on any atom is -0.465 e. The number of hydrogen-bond acceptors (Lipinski definition) is 7. The zero-order valence-electron chi connectivity index (χ0n) is 19.6. The molecule has 2 aliphatic heterocycles. The van der Waals surface area contributed by atoms with Crippen molar-refractivity contribution in [2.24, 2.45) is 0 Å². The van der Waals surface area contributed by atoms with Gasteiger partial charge in [0.25, 0.3) is 5.91 Å². The predicted molar refractivity (Wildman–Crippen MR) is 125 cm³/mol. The first kappa shape index (κ1) is 23.9. The summed E-state index contributed by atoms with van der Waals surface area (Å²) in [6.45, 7) is 1.89. The van der Waals surface area contributed by atoms with E-state index < -0.39 is 23.5 Å². The molecule has 0 bridgehead atoms. The normalized spacial score (nSPS) is 18.6. The van der Waals surface area contributed by atoms with E-state index in [9.17, 15) is 24.0 Å². The van der Waals surface area contributed by atoms with Crippen LogP contribution in [-0.2, 0) is 19.1 Å². The number of esters is 2. The lowest BCUT2D eigenvalue weighted by Gasteiger charge is -2.48. The second-order valence-corrected chi connectivity index (χ2v) is 8.50. The van der Waals surface area contributed by atoms with Crippen LogP contribution in [-0.4, -0.2) is 61.0 Å². The van der Waals surface area contributed by atoms with Gasteiger partial charge in [0, 0.05) is 25.1 Å². The zero-order chi connectivity index (χ0) is 25.3. The summed E-state index contributed by atoms with van der Waals surface area (Å²) in [4.78, 5) is 66.0. The van der Waals surface area contributed by atoms with Crippen LogP contribution in [0.25, 0.3) is 0 Å². The molecular weight excluding hydrogens is 454 g/mol. The third kappa shape index (κ3) is 4.23. The van der Waals surface area contributed by atoms with Crippen LogP contribution >= 0.6 is 0 Å². The first-order valence-corrected chi connectivity index (χ1v) is 11.0. The molecule has 0 aromatic heterocycles. The number of nitrogens with one attached hydrogen (secondary N) is 1. The number of anilines is 2. The summed E-state index contributed by atoms with van der Waals surface area (Å²) in [6.07, 6.45) is 0.691. The Morgan fingerprint density at radius 3 is 2.26 bits per heavy atom. The highest BCUT2D eigenvalue weighted by atomic mass is 16.5. The fraction of sp³-hybridized carbons (Fsp3) is 0.320. The molecule has 10 nitrogen and oxygen atoms in total. The fourth-order valence-corrected chi connectivity index (χ4v) is 4.65. The summed E-state index contributed by atoms with van der Waals surface area (Å²) in [7, 11) is 2.41. The highest BCUT2D eigenvalue weighted by Crippen LogP contribution is 2.43. The number of fused-ring (bicyclic) bond motifs is 3. The van der Waals surface area contributed by atoms with Crippen LogP contribution < -0.4 is 10.2 Å². The van der Waals surface area contributed by atoms with Crippen molar-refractivity contribution in [2.45, 2.75) is 31.8 Å². The summed E-state index contributed by atoms with van der Waals surface area (Å²) in [5.41, 5.74) is 0.470. The maximum absolute atomic E-state index is 13.3. The van der Waals surface area contributed by atoms with E-state index in [1.165, 1.54) is 32.4 Å². The average molecular weight is 479 g/mol. The number of hydrogen-bond donors (Lipinski definition) is 1. The van der Waals surface area contributed by atoms with Gasteiger partial charge in [-0.1, -0.05) is 12.1 Å². The van der Waals surface area contributed by atoms with E-state index >= 15 is 0 Å². The maximum atomic E-state index is 13.3. The van der Waals surface area contributed by atoms with Gasteiger partial charge in [-0.25, -0.2) is 9.59 Å². The molecule has 1 atom stereocenters. The van der Waals surface area contributed by atoms with Crippen molar-refractivity contribution >= 4 is 41.0 Å². The molecule has 0 aliphatic carbocycles. The lowest BCUT2D eigenvalue weighted by molar-refractivity contribution is -0.117. The van der Waals surface area contributed by atoms with E-state index in [1.54, 1.807) is 34.1 Å². The molecule has 1 saturated heterocycles. The Kier molecular flexibility index (Phi) is 6.29. The molecule has 1 fully saturated rings. The Hall–Kier alpha value is -4.21. The van der Waals surface area contributed by atoms with Gasteiger partial charge in [-0.05, 0) is 43.7 Å². The van der Waals surface area contributed by atoms with Crippen LogP contribution in [0, 0.1) is 0 Å². The molecule has 4 rings (SSSR count). The molecule has 2 aromatic carbocycles. The van der Waals surface area contributed by atoms with E-state index in [4.69, 9.17) is 9.47 Å². The zero-order valence-corrected chi connectivity index (χ0v) is 19.6. The smallest absolute Gasteiger partial charge is 0.337 e. The molecule has 1 unspecified atom stereocenters. The number of amides is 3. The number of methoxy groups -OCH3 is 2. The van der Waals surface area contributed by atoms with Crippen molar-refractivity contribution in [1.29, 1.82) is 0 Å². The number of benzene rings is 2. The molecule has 2 aliphatic rings. The first-order valence-electron chi connectivity index (χ1n) is 11.0. The fourth-order valence-electron chi connectivity index (χ4n) is 4.65. The van der Waals surface area contributed by atoms with Crippen LogP contribution in [0.3, 0.4) is 0 Å². The summed E-state index contributed by atoms with van der Waals surface area (Å²) < 4.78 is 9.42. The van der Waals surface area contributed by atoms with Crippen molar-refractivity contribution < 1.29 is 33.4 Å². The second-order valence-electron chi connectivity index (χ2n) is 8.50. The second kappa shape index (κ2) is 9.21. The van der Waals surface area contributed by atoms with Crippen molar-refractivity contribution in [3.8, 4) is 0 Å². The molecule has 182 valence electrons. The average Bonchev–Trinajstić information content (AvgIpc) is 3.17. The Bertz CT molecular complexity index is 1210. The number of ether oxygens (including phenoxy) is 2. The monoisotopic (exact) mass is 479 g/mol. The quantitative estimate of drug-likeness (QED) is 0.632. The first-order chi connectivity index (χ1) is 16.7. The summed E-state index contributed by atoms with van der Waals surface area (Å²) in [5.74, 6) is -2.11. The molecule has 3 amide bonds. The number of rotatable bonds is 6. The van der Waals surface area contributed by atoms with Crippen LogP contribution in [0.2, 0.25) is 0 Å². The van der Waals surface area contributed by atoms with Crippen molar-refractivity contribution in [3.05, 3.63) is 59.2 Å². The van der Waals surface area contributed by atoms with Crippen LogP contribution in [0.1, 0.15) is 57.3 Å². The number of carbonyl (C=O) groups is 5. The Morgan fingerprint density at radius 2 is 1.63 bits per heavy atom. The molecule has 0 radical (unpaired) electrons. The summed E-state index contributed by atoms with van der Waals surface area (Å²) >= 11 is 0. The number of carbonyl (C=O) groups excluding carboxylic acids is 5. The third-order valence-electron chi connectivity index (χ3n) is 6.37. The Labute approximate surface area is 201 Å². The molecule has 1 N–H and O–H groups in total. The van der Waals surface area contributed by atoms with Gasteiger partial charge in [0.2, 0.25) is 11.8 Å². The van der Waals surface area contributed by atoms with Gasteiger partial charge in [-0.3, -0.25) is 19.3 Å². The van der Waals surface area contributed by atoms with E-state index in [0.717, 1.165) is 0 Å². The number of para-hydroxylation sites is 1. The minimum atomic E-state index is -0.869. The topological polar surface area (TPSA) is 122 Å². The van der Waals surface area contributed by atoms with Gasteiger partial charge < -0.3 is 19.7 Å². The Morgan fingerprint density at radius 1 is 1.00 bits per heavy atom. The van der Waals surface area contributed by atoms with Gasteiger partial charge >= 0.3 is 11.9 Å². The van der Waals surface area contributed by atoms with E-state index in [-0.39, 0.29) is 41.6 Å². The lowest BCUT2D eigenvalue weighted by Crippen LogP contribution is -2.62. The largest absolute Gasteiger partial charge is 0.465 e. The van der Waals surface area contributed by atoms with Gasteiger partial charge in [-0.15, -0.1) is 0 Å². The van der Waals surface area contributed by atoms with Crippen LogP contribution in [0.15, 0.2) is 42.5 Å². The SMILES string of the molecule is COC(=O)c1cc(NC(=O)CCN2C(=O)c3ccccc3N3C(=O)CCC23C)cc(C(=O)OC)c1. The Balaban J connectivity index is 1.54. The molecule has 2 heterocycles. The van der Waals surface area contributed by atoms with E-state index in [0.29, 0.717) is 24.1 Å². The van der Waals surface area contributed by atoms with Gasteiger partial charge in [0.1, 0.15) is 5.66 Å². The van der Waals surface area contributed by atoms with Crippen molar-refractivity contribution in [2.75, 3.05) is 31.0 Å². The van der Waals surface area contributed by atoms with Gasteiger partial charge in [-0.2, -0.15) is 0 Å². The van der Waals surface area contributed by atoms with Crippen LogP contribution in [0.5, 0.6) is 0 Å². The van der Waals surface area contributed by atoms with Crippen LogP contribution in [0.4, 0.5) is 11.4 Å². The molecule has 10 heteroatoms. The number of nitrogens with zero attached hydrogens (tertiary/aromatic N) is 2. The van der Waals surface area contributed by atoms with Gasteiger partial charge in [0.05, 0.1) is 36.6 Å². The van der Waals surface area contributed by atoms with Crippen molar-refractivity contribution in [3.63, 3.8) is 0 Å². The predicted octanol–water partition coefficient (Wildman–Crippen LogP) is 2.59. The minimum absolute atomic E-state index is 0.0679. The summed E-state index contributed by atoms with van der Waals surface area (Å²) in [5, 5.41) is 2.66. The maximum Gasteiger partial charge on any atom is 0.337 e. The highest BCUT2D eigenvalue weighted by molar-refractivity contribution is 6.10. The lowest BCUT2D eigenvalue weighted by atomic mass is 9.98. The van der Waals surface area contributed by atoms with Gasteiger partial charge in [0.15, 0.2) is 0 Å². The van der Waals surface area contributed by atoms with Crippen molar-refractivity contribution in [1.82, 2.24) is 4.90 Å². The summed E-state index contributed by atoms with van der Waals surface area (Å²) in [6, 6.07) is 11.0. The van der Waals surface area contributed by atoms with E-state index in [2.05, 4.69) is 5.32 Å². The molecule has 2 aromatic rings. The molecule has 0 saturated carbocycles. The molecule has 0 spiro atoms. The molecular formula is C25H25N3O7. The highest BCUT2D eigenvalue weighted by Gasteiger charge is 2.52. The standard InChI is InChI=1S/C25H25N3O7/c1-25-10-8-21(30)28(25)19-7-5-4-6-18(19)22(31)27(25)11-9-20(29)26-17-13-15(23(32)34-2)12-16(14-17)24(33)35-3/h4-7,12-14H,8-11H2,1-3H3,(H,26,29). The van der Waals surface area contributed by atoms with E-state index in [1.807, 2.05) is 6.92 Å².